The van der Waals surface area contributed by atoms with Gasteiger partial charge in [0.25, 0.3) is 5.56 Å². The number of carbonyl (C=O) groups is 1. The molecule has 7 heteroatoms. The third-order valence-electron chi connectivity index (χ3n) is 5.53. The summed E-state index contributed by atoms with van der Waals surface area (Å²) in [7, 11) is 0. The van der Waals surface area contributed by atoms with Gasteiger partial charge in [0.1, 0.15) is 4.83 Å². The summed E-state index contributed by atoms with van der Waals surface area (Å²) >= 11 is 3.13. The molecule has 156 valence electrons. The van der Waals surface area contributed by atoms with Crippen LogP contribution in [0.2, 0.25) is 0 Å². The van der Waals surface area contributed by atoms with Crippen molar-refractivity contribution in [2.24, 2.45) is 0 Å². The van der Waals surface area contributed by atoms with E-state index in [1.165, 1.54) is 22.2 Å². The minimum atomic E-state index is -1.19. The van der Waals surface area contributed by atoms with Crippen molar-refractivity contribution in [1.82, 2.24) is 9.55 Å². The lowest BCUT2D eigenvalue weighted by molar-refractivity contribution is -0.255. The van der Waals surface area contributed by atoms with E-state index in [-0.39, 0.29) is 11.1 Å². The molecular formula is C24H19N2O3S2-. The second-order valence-electron chi connectivity index (χ2n) is 7.53. The Morgan fingerprint density at radius 2 is 1.81 bits per heavy atom. The van der Waals surface area contributed by atoms with Gasteiger partial charge in [0.2, 0.25) is 0 Å². The van der Waals surface area contributed by atoms with Crippen LogP contribution in [-0.2, 0) is 18.6 Å². The monoisotopic (exact) mass is 447 g/mol. The normalized spacial score (nSPS) is 13.3. The van der Waals surface area contributed by atoms with Gasteiger partial charge in [-0.15, -0.1) is 11.3 Å². The van der Waals surface area contributed by atoms with Crippen molar-refractivity contribution >= 4 is 39.3 Å². The van der Waals surface area contributed by atoms with Crippen LogP contribution < -0.4 is 10.7 Å². The molecule has 2 heterocycles. The van der Waals surface area contributed by atoms with Crippen LogP contribution in [0.15, 0.2) is 64.5 Å². The second-order valence-corrected chi connectivity index (χ2v) is 9.56. The molecule has 1 aliphatic carbocycles. The highest BCUT2D eigenvalue weighted by Crippen LogP contribution is 2.35. The Kier molecular flexibility index (Phi) is 5.38. The third kappa shape index (κ3) is 3.79. The van der Waals surface area contributed by atoms with Crippen LogP contribution in [0, 0.1) is 0 Å². The number of carboxylic acids is 1. The van der Waals surface area contributed by atoms with Gasteiger partial charge < -0.3 is 9.90 Å². The maximum atomic E-state index is 13.7. The Morgan fingerprint density at radius 3 is 2.55 bits per heavy atom. The number of carboxylic acid groups (broad SMARTS) is 1. The van der Waals surface area contributed by atoms with Gasteiger partial charge >= 0.3 is 0 Å². The molecule has 0 saturated heterocycles. The first-order chi connectivity index (χ1) is 15.1. The van der Waals surface area contributed by atoms with E-state index in [1.54, 1.807) is 40.2 Å². The summed E-state index contributed by atoms with van der Waals surface area (Å²) < 4.78 is 1.71. The van der Waals surface area contributed by atoms with Crippen LogP contribution in [0.5, 0.6) is 0 Å². The first-order valence-electron chi connectivity index (χ1n) is 10.2. The summed E-state index contributed by atoms with van der Waals surface area (Å²) in [5.41, 5.74) is 3.08. The molecule has 0 aliphatic heterocycles. The first kappa shape index (κ1) is 20.0. The van der Waals surface area contributed by atoms with Crippen molar-refractivity contribution in [2.45, 2.75) is 36.6 Å². The number of aromatic carboxylic acids is 1. The number of carbonyl (C=O) groups excluding carboxylic acids is 1. The molecule has 0 fully saturated rings. The quantitative estimate of drug-likeness (QED) is 0.342. The topological polar surface area (TPSA) is 75.0 Å². The first-order valence-corrected chi connectivity index (χ1v) is 12.0. The summed E-state index contributed by atoms with van der Waals surface area (Å²) in [5.74, 6) is -0.616. The number of fused-ring (bicyclic) bond motifs is 3. The largest absolute Gasteiger partial charge is 0.545 e. The predicted molar refractivity (Wildman–Crippen MR) is 122 cm³/mol. The van der Waals surface area contributed by atoms with Crippen LogP contribution >= 0.6 is 23.1 Å². The molecule has 0 amide bonds. The van der Waals surface area contributed by atoms with Crippen molar-refractivity contribution in [1.29, 1.82) is 0 Å². The average molecular weight is 448 g/mol. The zero-order chi connectivity index (χ0) is 21.4. The van der Waals surface area contributed by atoms with E-state index >= 15 is 0 Å². The number of hydrogen-bond donors (Lipinski definition) is 0. The highest BCUT2D eigenvalue weighted by Gasteiger charge is 2.22. The van der Waals surface area contributed by atoms with E-state index in [0.29, 0.717) is 10.9 Å². The van der Waals surface area contributed by atoms with Gasteiger partial charge in [0.05, 0.1) is 17.0 Å². The molecule has 2 aromatic heterocycles. The van der Waals surface area contributed by atoms with Crippen molar-refractivity contribution < 1.29 is 9.90 Å². The lowest BCUT2D eigenvalue weighted by Crippen LogP contribution is -2.22. The van der Waals surface area contributed by atoms with Crippen LogP contribution in [0.1, 0.15) is 39.2 Å². The molecule has 0 atom stereocenters. The van der Waals surface area contributed by atoms with Gasteiger partial charge in [-0.1, -0.05) is 54.2 Å². The third-order valence-corrected chi connectivity index (χ3v) is 7.73. The number of rotatable bonds is 5. The van der Waals surface area contributed by atoms with Gasteiger partial charge in [-0.2, -0.15) is 0 Å². The minimum Gasteiger partial charge on any atom is -0.545 e. The van der Waals surface area contributed by atoms with E-state index in [0.717, 1.165) is 47.2 Å². The number of aromatic nitrogens is 2. The van der Waals surface area contributed by atoms with Crippen LogP contribution in [0.3, 0.4) is 0 Å². The van der Waals surface area contributed by atoms with Crippen molar-refractivity contribution in [3.63, 3.8) is 0 Å². The van der Waals surface area contributed by atoms with Crippen LogP contribution in [0.4, 0.5) is 0 Å². The highest BCUT2D eigenvalue weighted by atomic mass is 32.2. The summed E-state index contributed by atoms with van der Waals surface area (Å²) in [6, 6.07) is 16.2. The fourth-order valence-corrected chi connectivity index (χ4v) is 6.24. The zero-order valence-corrected chi connectivity index (χ0v) is 18.3. The summed E-state index contributed by atoms with van der Waals surface area (Å²) in [6.07, 6.45) is 4.24. The zero-order valence-electron chi connectivity index (χ0n) is 16.7. The smallest absolute Gasteiger partial charge is 0.267 e. The maximum Gasteiger partial charge on any atom is 0.267 e. The molecule has 2 aromatic carbocycles. The number of benzene rings is 2. The number of hydrogen-bond acceptors (Lipinski definition) is 6. The SMILES string of the molecule is O=C([O-])c1ccc(CSc2nc3sc4c(c3c(=O)n2-c2ccccc2)CCCC4)cc1. The summed E-state index contributed by atoms with van der Waals surface area (Å²) in [6.45, 7) is 0. The number of aryl methyl sites for hydroxylation is 2. The predicted octanol–water partition coefficient (Wildman–Crippen LogP) is 3.98. The molecule has 0 radical (unpaired) electrons. The maximum absolute atomic E-state index is 13.7. The molecule has 31 heavy (non-hydrogen) atoms. The number of nitrogens with zero attached hydrogens (tertiary/aromatic N) is 2. The molecule has 4 aromatic rings. The molecule has 1 aliphatic rings. The lowest BCUT2D eigenvalue weighted by atomic mass is 9.97. The van der Waals surface area contributed by atoms with E-state index < -0.39 is 5.97 Å². The van der Waals surface area contributed by atoms with Gasteiger partial charge in [-0.3, -0.25) is 9.36 Å². The molecule has 5 rings (SSSR count). The second kappa shape index (κ2) is 8.32. The molecule has 0 saturated carbocycles. The standard InChI is InChI=1S/C24H20N2O3S2/c27-22-20-18-8-4-5-9-19(18)31-21(20)25-24(26(22)17-6-2-1-3-7-17)30-14-15-10-12-16(13-11-15)23(28)29/h1-3,6-7,10-13H,4-5,8-9,14H2,(H,28,29)/p-1. The molecule has 0 bridgehead atoms. The summed E-state index contributed by atoms with van der Waals surface area (Å²) in [4.78, 5) is 31.7. The van der Waals surface area contributed by atoms with Crippen molar-refractivity contribution in [3.8, 4) is 5.69 Å². The fourth-order valence-electron chi connectivity index (χ4n) is 3.97. The number of para-hydroxylation sites is 1. The molecule has 0 N–H and O–H groups in total. The Balaban J connectivity index is 1.59. The van der Waals surface area contributed by atoms with E-state index in [4.69, 9.17) is 4.98 Å². The molecule has 0 unspecified atom stereocenters. The Labute approximate surface area is 187 Å². The van der Waals surface area contributed by atoms with Crippen molar-refractivity contribution in [2.75, 3.05) is 0 Å². The van der Waals surface area contributed by atoms with Gasteiger partial charge in [0, 0.05) is 10.6 Å². The van der Waals surface area contributed by atoms with Crippen LogP contribution in [-0.4, -0.2) is 15.5 Å². The van der Waals surface area contributed by atoms with Gasteiger partial charge in [-0.25, -0.2) is 4.98 Å². The minimum absolute atomic E-state index is 0.00889. The highest BCUT2D eigenvalue weighted by molar-refractivity contribution is 7.98. The summed E-state index contributed by atoms with van der Waals surface area (Å²) in [5, 5.41) is 12.4. The van der Waals surface area contributed by atoms with Crippen molar-refractivity contribution in [3.05, 3.63) is 86.5 Å². The Morgan fingerprint density at radius 1 is 1.06 bits per heavy atom. The Bertz CT molecular complexity index is 1330. The fraction of sp³-hybridized carbons (Fsp3) is 0.208. The van der Waals surface area contributed by atoms with Gasteiger partial charge in [0.15, 0.2) is 5.16 Å². The number of thioether (sulfide) groups is 1. The van der Waals surface area contributed by atoms with E-state index in [1.807, 2.05) is 30.3 Å². The van der Waals surface area contributed by atoms with E-state index in [2.05, 4.69) is 0 Å². The average Bonchev–Trinajstić information content (AvgIpc) is 3.17. The van der Waals surface area contributed by atoms with Gasteiger partial charge in [-0.05, 0) is 54.5 Å². The molecule has 5 nitrogen and oxygen atoms in total. The lowest BCUT2D eigenvalue weighted by Gasteiger charge is -2.13. The Hall–Kier alpha value is -2.90. The molecule has 0 spiro atoms. The number of thiophene rings is 1. The molecular weight excluding hydrogens is 428 g/mol. The van der Waals surface area contributed by atoms with Crippen LogP contribution in [0.25, 0.3) is 15.9 Å². The van der Waals surface area contributed by atoms with E-state index in [9.17, 15) is 14.7 Å².